The van der Waals surface area contributed by atoms with Gasteiger partial charge >= 0.3 is 0 Å². The molecule has 0 aliphatic rings. The topological polar surface area (TPSA) is 99.5 Å². The van der Waals surface area contributed by atoms with E-state index in [4.69, 9.17) is 74.3 Å². The molecule has 4 heterocycles. The van der Waals surface area contributed by atoms with Crippen LogP contribution in [0.2, 0.25) is 30.5 Å². The molecule has 0 amide bonds. The van der Waals surface area contributed by atoms with Crippen molar-refractivity contribution >= 4 is 69.6 Å². The average Bonchev–Trinajstić information content (AvgIpc) is 3.33. The molecule has 20 heteroatoms. The molecule has 4 aromatic heterocycles. The second kappa shape index (κ2) is 23.0. The maximum atomic E-state index is 14.3. The average molecular weight is 1100 g/mol. The lowest BCUT2D eigenvalue weighted by molar-refractivity contribution is 0.413. The molecule has 0 spiro atoms. The van der Waals surface area contributed by atoms with Gasteiger partial charge in [-0.15, -0.1) is 15.3 Å². The van der Waals surface area contributed by atoms with Gasteiger partial charge in [-0.3, -0.25) is 4.98 Å². The number of pyridine rings is 1. The Balaban J connectivity index is 0.000000158. The van der Waals surface area contributed by atoms with Gasteiger partial charge in [-0.2, -0.15) is 15.3 Å². The minimum atomic E-state index is -1.07. The van der Waals surface area contributed by atoms with Gasteiger partial charge in [0.15, 0.2) is 15.5 Å². The van der Waals surface area contributed by atoms with Crippen molar-refractivity contribution < 1.29 is 31.1 Å². The third-order valence-electron chi connectivity index (χ3n) is 10.7. The molecule has 0 radical (unpaired) electrons. The van der Waals surface area contributed by atoms with Crippen LogP contribution in [0, 0.1) is 62.6 Å². The third kappa shape index (κ3) is 11.8. The van der Waals surface area contributed by atoms with E-state index in [-0.39, 0.29) is 26.6 Å². The molecule has 9 rings (SSSR count). The van der Waals surface area contributed by atoms with Crippen molar-refractivity contribution in [2.75, 3.05) is 7.11 Å². The predicted molar refractivity (Wildman–Crippen MR) is 272 cm³/mol. The van der Waals surface area contributed by atoms with Crippen molar-refractivity contribution in [3.8, 4) is 72.6 Å². The first-order valence-electron chi connectivity index (χ1n) is 20.9. The highest BCUT2D eigenvalue weighted by Gasteiger charge is 2.26. The Morgan fingerprint density at radius 2 is 0.722 bits per heavy atom. The van der Waals surface area contributed by atoms with E-state index in [0.717, 1.165) is 16.7 Å². The number of rotatable bonds is 7. The van der Waals surface area contributed by atoms with Gasteiger partial charge in [-0.25, -0.2) is 26.3 Å². The van der Waals surface area contributed by atoms with E-state index >= 15 is 0 Å². The first-order chi connectivity index (χ1) is 34.3. The van der Waals surface area contributed by atoms with E-state index in [1.165, 1.54) is 0 Å². The maximum absolute atomic E-state index is 14.3. The zero-order chi connectivity index (χ0) is 52.1. The van der Waals surface area contributed by atoms with Crippen molar-refractivity contribution in [1.82, 2.24) is 35.6 Å². The fourth-order valence-corrected chi connectivity index (χ4v) is 8.65. The third-order valence-corrected chi connectivity index (χ3v) is 12.3. The zero-order valence-electron chi connectivity index (χ0n) is 38.0. The molecular formula is C52H33Cl6F6N7O. The molecule has 0 saturated heterocycles. The van der Waals surface area contributed by atoms with Crippen molar-refractivity contribution in [3.05, 3.63) is 197 Å². The highest BCUT2D eigenvalue weighted by atomic mass is 35.5. The lowest BCUT2D eigenvalue weighted by Crippen LogP contribution is -2.01. The highest BCUT2D eigenvalue weighted by molar-refractivity contribution is 6.36. The van der Waals surface area contributed by atoms with Crippen molar-refractivity contribution in [2.24, 2.45) is 0 Å². The summed E-state index contributed by atoms with van der Waals surface area (Å²) in [4.78, 5) is 4.39. The van der Waals surface area contributed by atoms with Gasteiger partial charge in [0.25, 0.3) is 0 Å². The maximum Gasteiger partial charge on any atom is 0.161 e. The monoisotopic (exact) mass is 1100 g/mol. The summed E-state index contributed by atoms with van der Waals surface area (Å²) in [5.41, 5.74) is 6.82. The normalized spacial score (nSPS) is 10.8. The number of hydrogen-bond acceptors (Lipinski definition) is 8. The summed E-state index contributed by atoms with van der Waals surface area (Å²) < 4.78 is 88.7. The van der Waals surface area contributed by atoms with Crippen LogP contribution >= 0.6 is 69.6 Å². The lowest BCUT2D eigenvalue weighted by atomic mass is 9.94. The molecule has 8 nitrogen and oxygen atoms in total. The highest BCUT2D eigenvalue weighted by Crippen LogP contribution is 2.44. The van der Waals surface area contributed by atoms with Crippen LogP contribution in [0.25, 0.3) is 66.9 Å². The van der Waals surface area contributed by atoms with E-state index in [2.05, 4.69) is 35.6 Å². The number of aromatic nitrogens is 7. The van der Waals surface area contributed by atoms with Gasteiger partial charge in [0.1, 0.15) is 40.7 Å². The summed E-state index contributed by atoms with van der Waals surface area (Å²) in [5, 5.41) is 24.9. The van der Waals surface area contributed by atoms with Crippen LogP contribution < -0.4 is 4.74 Å². The minimum Gasteiger partial charge on any atom is -0.495 e. The summed E-state index contributed by atoms with van der Waals surface area (Å²) >= 11 is 36.8. The van der Waals surface area contributed by atoms with Crippen LogP contribution in [-0.2, 0) is 0 Å². The van der Waals surface area contributed by atoms with Gasteiger partial charge in [0.2, 0.25) is 0 Å². The van der Waals surface area contributed by atoms with Gasteiger partial charge < -0.3 is 4.74 Å². The van der Waals surface area contributed by atoms with Gasteiger partial charge in [0.05, 0.1) is 57.8 Å². The van der Waals surface area contributed by atoms with E-state index in [9.17, 15) is 26.3 Å². The van der Waals surface area contributed by atoms with Gasteiger partial charge in [-0.1, -0.05) is 124 Å². The standard InChI is InChI=1S/C18H12ClF3N2.C17H12Cl3N3O.C17H9Cl2F3N2/c1-9-3-5-11(6-4-9)15-10(2)23-24-18(19)17(15)16-13(21)7-12(20)8-14(16)22;1-9-14(10-3-5-11(18)6-4-10)15(17(20)23-22-9)16-13(19)7-12(24-2)8-21-16;1-8-14(9-2-4-10(18)5-3-9)16(17(19)24-23-8)15-12(21)6-11(20)7-13(15)22/h2*3-8H,1-2H3;2-7H,1H3. The largest absolute Gasteiger partial charge is 0.495 e. The van der Waals surface area contributed by atoms with Gasteiger partial charge in [-0.05, 0) is 68.7 Å². The zero-order valence-corrected chi connectivity index (χ0v) is 42.5. The van der Waals surface area contributed by atoms with E-state index in [0.29, 0.717) is 95.7 Å². The molecule has 0 fully saturated rings. The first kappa shape index (κ1) is 53.4. The van der Waals surface area contributed by atoms with Gasteiger partial charge in [0, 0.05) is 68.2 Å². The summed E-state index contributed by atoms with van der Waals surface area (Å²) in [5.74, 6) is -5.69. The van der Waals surface area contributed by atoms with Crippen LogP contribution in [0.4, 0.5) is 26.3 Å². The Morgan fingerprint density at radius 3 is 1.07 bits per heavy atom. The van der Waals surface area contributed by atoms with E-state index in [1.54, 1.807) is 81.8 Å². The SMILES string of the molecule is COc1cnc(-c2c(Cl)nnc(C)c2-c2ccc(Cl)cc2)c(Cl)c1.Cc1ccc(-c2c(C)nnc(Cl)c2-c2c(F)cc(F)cc2F)cc1.Cc1nnc(Cl)c(-c2c(F)cc(F)cc2F)c1-c1ccc(Cl)cc1. The summed E-state index contributed by atoms with van der Waals surface area (Å²) in [6, 6.07) is 25.4. The van der Waals surface area contributed by atoms with Crippen LogP contribution in [0.3, 0.4) is 0 Å². The number of methoxy groups -OCH3 is 1. The van der Waals surface area contributed by atoms with E-state index < -0.39 is 46.0 Å². The number of aryl methyl sites for hydroxylation is 4. The Morgan fingerprint density at radius 1 is 0.389 bits per heavy atom. The number of hydrogen-bond donors (Lipinski definition) is 0. The molecule has 9 aromatic rings. The minimum absolute atomic E-state index is 0.0153. The second-order valence-electron chi connectivity index (χ2n) is 15.6. The fourth-order valence-electron chi connectivity index (χ4n) is 7.47. The lowest BCUT2D eigenvalue weighted by Gasteiger charge is -2.15. The Hall–Kier alpha value is -6.39. The molecule has 72 heavy (non-hydrogen) atoms. The Kier molecular flexibility index (Phi) is 17.1. The number of nitrogens with zero attached hydrogens (tertiary/aromatic N) is 7. The van der Waals surface area contributed by atoms with Crippen LogP contribution in [0.1, 0.15) is 22.6 Å². The fraction of sp³-hybridized carbons (Fsp3) is 0.0962. The summed E-state index contributed by atoms with van der Waals surface area (Å²) in [6.07, 6.45) is 1.58. The van der Waals surface area contributed by atoms with Crippen LogP contribution in [-0.4, -0.2) is 42.7 Å². The molecule has 0 N–H and O–H groups in total. The predicted octanol–water partition coefficient (Wildman–Crippen LogP) is 16.8. The molecular weight excluding hydrogens is 1070 g/mol. The molecule has 0 bridgehead atoms. The molecule has 366 valence electrons. The second-order valence-corrected chi connectivity index (χ2v) is 17.9. The molecule has 0 aliphatic heterocycles. The summed E-state index contributed by atoms with van der Waals surface area (Å²) in [7, 11) is 1.55. The van der Waals surface area contributed by atoms with Crippen LogP contribution in [0.15, 0.2) is 109 Å². The van der Waals surface area contributed by atoms with Crippen molar-refractivity contribution in [3.63, 3.8) is 0 Å². The number of ether oxygens (including phenoxy) is 1. The van der Waals surface area contributed by atoms with E-state index in [1.807, 2.05) is 38.1 Å². The quantitative estimate of drug-likeness (QED) is 0.146. The van der Waals surface area contributed by atoms with Crippen molar-refractivity contribution in [2.45, 2.75) is 27.7 Å². The molecule has 5 aromatic carbocycles. The number of halogens is 12. The molecule has 0 aliphatic carbocycles. The van der Waals surface area contributed by atoms with Crippen molar-refractivity contribution in [1.29, 1.82) is 0 Å². The Labute approximate surface area is 438 Å². The number of benzene rings is 5. The smallest absolute Gasteiger partial charge is 0.161 e. The molecule has 0 atom stereocenters. The molecule has 0 saturated carbocycles. The molecule has 0 unspecified atom stereocenters. The Bertz CT molecular complexity index is 3280. The van der Waals surface area contributed by atoms with Crippen LogP contribution in [0.5, 0.6) is 5.75 Å². The summed E-state index contributed by atoms with van der Waals surface area (Å²) in [6.45, 7) is 7.08. The first-order valence-corrected chi connectivity index (χ1v) is 23.2.